The lowest BCUT2D eigenvalue weighted by atomic mass is 10.1. The SMILES string of the molecule is CCN(C)C(=O)c1cc(C(C)C)sc1NC(=O)Nc1cccc([N+](=O)[O-])c1. The van der Waals surface area contributed by atoms with Gasteiger partial charge in [0.1, 0.15) is 5.00 Å². The first-order valence-corrected chi connectivity index (χ1v) is 9.26. The number of urea groups is 1. The minimum Gasteiger partial charge on any atom is -0.342 e. The molecular weight excluding hydrogens is 368 g/mol. The molecule has 0 aliphatic carbocycles. The lowest BCUT2D eigenvalue weighted by molar-refractivity contribution is -0.384. The number of benzene rings is 1. The van der Waals surface area contributed by atoms with Crippen LogP contribution in [0.4, 0.5) is 21.2 Å². The number of rotatable bonds is 6. The molecule has 0 fully saturated rings. The molecule has 0 aliphatic rings. The second-order valence-electron chi connectivity index (χ2n) is 6.25. The number of carbonyl (C=O) groups is 2. The van der Waals surface area contributed by atoms with E-state index in [0.717, 1.165) is 4.88 Å². The highest BCUT2D eigenvalue weighted by Gasteiger charge is 2.21. The largest absolute Gasteiger partial charge is 0.342 e. The van der Waals surface area contributed by atoms with Crippen molar-refractivity contribution < 1.29 is 14.5 Å². The number of nitro benzene ring substituents is 1. The summed E-state index contributed by atoms with van der Waals surface area (Å²) < 4.78 is 0. The van der Waals surface area contributed by atoms with Gasteiger partial charge in [0.15, 0.2) is 0 Å². The molecule has 0 aliphatic heterocycles. The maximum absolute atomic E-state index is 12.6. The zero-order valence-corrected chi connectivity index (χ0v) is 16.4. The van der Waals surface area contributed by atoms with Crippen LogP contribution >= 0.6 is 11.3 Å². The van der Waals surface area contributed by atoms with Crippen LogP contribution in [-0.4, -0.2) is 35.4 Å². The Balaban J connectivity index is 2.22. The Morgan fingerprint density at radius 1 is 1.26 bits per heavy atom. The van der Waals surface area contributed by atoms with Gasteiger partial charge in [0.2, 0.25) is 0 Å². The maximum Gasteiger partial charge on any atom is 0.324 e. The molecule has 9 heteroatoms. The monoisotopic (exact) mass is 390 g/mol. The Kier molecular flexibility index (Phi) is 6.51. The average Bonchev–Trinajstić information content (AvgIpc) is 3.04. The molecule has 144 valence electrons. The van der Waals surface area contributed by atoms with Crippen molar-refractivity contribution in [1.82, 2.24) is 4.90 Å². The first-order valence-electron chi connectivity index (χ1n) is 8.44. The Labute approximate surface area is 161 Å². The van der Waals surface area contributed by atoms with Gasteiger partial charge in [-0.05, 0) is 25.0 Å². The molecule has 1 aromatic carbocycles. The number of hydrogen-bond acceptors (Lipinski definition) is 5. The van der Waals surface area contributed by atoms with E-state index in [9.17, 15) is 19.7 Å². The fourth-order valence-corrected chi connectivity index (χ4v) is 3.31. The van der Waals surface area contributed by atoms with Crippen LogP contribution in [0.15, 0.2) is 30.3 Å². The molecule has 0 unspecified atom stereocenters. The molecule has 8 nitrogen and oxygen atoms in total. The van der Waals surface area contributed by atoms with Crippen molar-refractivity contribution in [1.29, 1.82) is 0 Å². The number of anilines is 2. The number of non-ortho nitro benzene ring substituents is 1. The zero-order valence-electron chi connectivity index (χ0n) is 15.6. The van der Waals surface area contributed by atoms with E-state index in [1.807, 2.05) is 20.8 Å². The third-order valence-corrected chi connectivity index (χ3v) is 5.26. The molecule has 0 atom stereocenters. The highest BCUT2D eigenvalue weighted by Crippen LogP contribution is 2.33. The van der Waals surface area contributed by atoms with Crippen LogP contribution < -0.4 is 10.6 Å². The quantitative estimate of drug-likeness (QED) is 0.559. The molecule has 0 bridgehead atoms. The van der Waals surface area contributed by atoms with Crippen LogP contribution in [-0.2, 0) is 0 Å². The molecule has 0 spiro atoms. The minimum absolute atomic E-state index is 0.119. The number of thiophene rings is 1. The fourth-order valence-electron chi connectivity index (χ4n) is 2.26. The normalized spacial score (nSPS) is 10.6. The Morgan fingerprint density at radius 2 is 1.96 bits per heavy atom. The predicted octanol–water partition coefficient (Wildman–Crippen LogP) is 4.52. The van der Waals surface area contributed by atoms with Crippen LogP contribution in [0.25, 0.3) is 0 Å². The first-order chi connectivity index (χ1) is 12.7. The molecule has 2 N–H and O–H groups in total. The van der Waals surface area contributed by atoms with E-state index in [4.69, 9.17) is 0 Å². The predicted molar refractivity (Wildman–Crippen MR) is 107 cm³/mol. The van der Waals surface area contributed by atoms with E-state index in [1.165, 1.54) is 29.5 Å². The number of hydrogen-bond donors (Lipinski definition) is 2. The average molecular weight is 390 g/mol. The standard InChI is InChI=1S/C18H22N4O4S/c1-5-21(4)17(23)14-10-15(11(2)3)27-16(14)20-18(24)19-12-7-6-8-13(9-12)22(25)26/h6-11H,5H2,1-4H3,(H2,19,20,24). The summed E-state index contributed by atoms with van der Waals surface area (Å²) in [5, 5.41) is 16.6. The lowest BCUT2D eigenvalue weighted by Crippen LogP contribution is -2.27. The van der Waals surface area contributed by atoms with Gasteiger partial charge in [-0.15, -0.1) is 11.3 Å². The third-order valence-electron chi connectivity index (χ3n) is 3.91. The minimum atomic E-state index is -0.569. The molecule has 3 amide bonds. The van der Waals surface area contributed by atoms with E-state index in [0.29, 0.717) is 22.8 Å². The van der Waals surface area contributed by atoms with Gasteiger partial charge in [-0.25, -0.2) is 4.79 Å². The Hall–Kier alpha value is -2.94. The highest BCUT2D eigenvalue weighted by atomic mass is 32.1. The second-order valence-corrected chi connectivity index (χ2v) is 7.34. The first kappa shape index (κ1) is 20.4. The van der Waals surface area contributed by atoms with E-state index in [-0.39, 0.29) is 17.5 Å². The molecule has 2 rings (SSSR count). The van der Waals surface area contributed by atoms with Crippen molar-refractivity contribution >= 4 is 39.7 Å². The van der Waals surface area contributed by atoms with Crippen molar-refractivity contribution in [2.75, 3.05) is 24.2 Å². The summed E-state index contributed by atoms with van der Waals surface area (Å²) in [6.45, 7) is 6.44. The molecule has 2 aromatic rings. The van der Waals surface area contributed by atoms with E-state index >= 15 is 0 Å². The zero-order chi connectivity index (χ0) is 20.1. The van der Waals surface area contributed by atoms with Crippen LogP contribution in [0.1, 0.15) is 41.9 Å². The van der Waals surface area contributed by atoms with Gasteiger partial charge in [-0.1, -0.05) is 19.9 Å². The van der Waals surface area contributed by atoms with E-state index in [2.05, 4.69) is 10.6 Å². The van der Waals surface area contributed by atoms with Crippen molar-refractivity contribution in [3.63, 3.8) is 0 Å². The van der Waals surface area contributed by atoms with E-state index < -0.39 is 11.0 Å². The second kappa shape index (κ2) is 8.63. The number of carbonyl (C=O) groups excluding carboxylic acids is 2. The van der Waals surface area contributed by atoms with Gasteiger partial charge in [0.05, 0.1) is 10.5 Å². The topological polar surface area (TPSA) is 105 Å². The van der Waals surface area contributed by atoms with Gasteiger partial charge < -0.3 is 10.2 Å². The number of nitrogens with one attached hydrogen (secondary N) is 2. The highest BCUT2D eigenvalue weighted by molar-refractivity contribution is 7.16. The van der Waals surface area contributed by atoms with Gasteiger partial charge in [-0.3, -0.25) is 20.2 Å². The Morgan fingerprint density at radius 3 is 2.56 bits per heavy atom. The summed E-state index contributed by atoms with van der Waals surface area (Å²) in [7, 11) is 1.70. The molecule has 1 aromatic heterocycles. The van der Waals surface area contributed by atoms with Crippen molar-refractivity contribution in [3.8, 4) is 0 Å². The number of nitrogens with zero attached hydrogens (tertiary/aromatic N) is 2. The molecule has 1 heterocycles. The molecule has 0 saturated carbocycles. The molecule has 0 radical (unpaired) electrons. The summed E-state index contributed by atoms with van der Waals surface area (Å²) in [4.78, 5) is 37.8. The molecule has 27 heavy (non-hydrogen) atoms. The summed E-state index contributed by atoms with van der Waals surface area (Å²) >= 11 is 1.34. The van der Waals surface area contributed by atoms with Crippen molar-refractivity contribution in [3.05, 3.63) is 50.9 Å². The Bertz CT molecular complexity index is 863. The summed E-state index contributed by atoms with van der Waals surface area (Å²) in [6.07, 6.45) is 0. The van der Waals surface area contributed by atoms with Gasteiger partial charge >= 0.3 is 6.03 Å². The van der Waals surface area contributed by atoms with Crippen LogP contribution in [0.3, 0.4) is 0 Å². The van der Waals surface area contributed by atoms with Crippen molar-refractivity contribution in [2.45, 2.75) is 26.7 Å². The van der Waals surface area contributed by atoms with Crippen LogP contribution in [0, 0.1) is 10.1 Å². The van der Waals surface area contributed by atoms with E-state index in [1.54, 1.807) is 24.1 Å². The smallest absolute Gasteiger partial charge is 0.324 e. The summed E-state index contributed by atoms with van der Waals surface area (Å²) in [5.41, 5.74) is 0.606. The lowest BCUT2D eigenvalue weighted by Gasteiger charge is -2.15. The number of nitro groups is 1. The third kappa shape index (κ3) is 5.04. The van der Waals surface area contributed by atoms with Gasteiger partial charge in [-0.2, -0.15) is 0 Å². The van der Waals surface area contributed by atoms with Crippen molar-refractivity contribution in [2.24, 2.45) is 0 Å². The fraction of sp³-hybridized carbons (Fsp3) is 0.333. The summed E-state index contributed by atoms with van der Waals surface area (Å²) in [5.74, 6) is 0.0372. The van der Waals surface area contributed by atoms with Crippen LogP contribution in [0.5, 0.6) is 0 Å². The number of amides is 3. The molecule has 0 saturated heterocycles. The molecular formula is C18H22N4O4S. The van der Waals surface area contributed by atoms with Gasteiger partial charge in [0, 0.05) is 36.3 Å². The summed E-state index contributed by atoms with van der Waals surface area (Å²) in [6, 6.07) is 6.88. The van der Waals surface area contributed by atoms with Crippen LogP contribution in [0.2, 0.25) is 0 Å². The van der Waals surface area contributed by atoms with Gasteiger partial charge in [0.25, 0.3) is 11.6 Å². The maximum atomic E-state index is 12.6.